The van der Waals surface area contributed by atoms with E-state index in [-0.39, 0.29) is 28.2 Å². The van der Waals surface area contributed by atoms with Crippen LogP contribution in [0.15, 0.2) is 47.5 Å². The van der Waals surface area contributed by atoms with Crippen molar-refractivity contribution in [3.05, 3.63) is 74.8 Å². The van der Waals surface area contributed by atoms with Gasteiger partial charge >= 0.3 is 12.1 Å². The van der Waals surface area contributed by atoms with E-state index in [4.69, 9.17) is 21.4 Å². The number of halogens is 4. The van der Waals surface area contributed by atoms with Crippen molar-refractivity contribution in [2.24, 2.45) is 5.92 Å². The van der Waals surface area contributed by atoms with E-state index in [1.807, 2.05) is 26.0 Å². The van der Waals surface area contributed by atoms with E-state index in [1.54, 1.807) is 0 Å². The second-order valence-electron chi connectivity index (χ2n) is 8.91. The molecule has 0 radical (unpaired) electrons. The second kappa shape index (κ2) is 10.4. The lowest BCUT2D eigenvalue weighted by atomic mass is 9.96. The first-order chi connectivity index (χ1) is 17.4. The van der Waals surface area contributed by atoms with Crippen LogP contribution in [0.25, 0.3) is 5.69 Å². The fourth-order valence-corrected chi connectivity index (χ4v) is 4.31. The number of nitrogens with zero attached hydrogens (tertiary/aromatic N) is 3. The lowest BCUT2D eigenvalue weighted by Crippen LogP contribution is -2.49. The first-order valence-corrected chi connectivity index (χ1v) is 11.7. The Balaban J connectivity index is 1.58. The quantitative estimate of drug-likeness (QED) is 0.430. The molecule has 1 fully saturated rings. The molecule has 3 aromatic rings. The predicted molar refractivity (Wildman–Crippen MR) is 132 cm³/mol. The van der Waals surface area contributed by atoms with Crippen molar-refractivity contribution in [3.63, 3.8) is 0 Å². The van der Waals surface area contributed by atoms with Crippen LogP contribution in [0.5, 0.6) is 5.75 Å². The maximum absolute atomic E-state index is 13.2. The molecule has 12 heteroatoms. The number of anilines is 2. The van der Waals surface area contributed by atoms with Crippen molar-refractivity contribution in [2.45, 2.75) is 26.6 Å². The molecule has 1 aromatic heterocycles. The minimum atomic E-state index is -4.55. The summed E-state index contributed by atoms with van der Waals surface area (Å²) >= 11 is 5.91. The summed E-state index contributed by atoms with van der Waals surface area (Å²) in [7, 11) is 0. The Hall–Kier alpha value is -3.57. The second-order valence-corrected chi connectivity index (χ2v) is 9.34. The highest BCUT2D eigenvalue weighted by Crippen LogP contribution is 2.31. The summed E-state index contributed by atoms with van der Waals surface area (Å²) < 4.78 is 44.3. The number of aryl methyl sites for hydroxylation is 2. The summed E-state index contributed by atoms with van der Waals surface area (Å²) in [5.74, 6) is -1.42. The summed E-state index contributed by atoms with van der Waals surface area (Å²) in [6, 6.07) is 7.78. The maximum Gasteiger partial charge on any atom is 0.422 e. The van der Waals surface area contributed by atoms with Crippen LogP contribution in [0.1, 0.15) is 16.7 Å². The number of hydrogen-bond donors (Lipinski definition) is 2. The Labute approximate surface area is 215 Å². The van der Waals surface area contributed by atoms with Crippen LogP contribution in [0, 0.1) is 19.8 Å². The Morgan fingerprint density at radius 2 is 1.89 bits per heavy atom. The summed E-state index contributed by atoms with van der Waals surface area (Å²) in [5, 5.41) is 12.0. The Morgan fingerprint density at radius 1 is 1.22 bits per heavy atom. The first kappa shape index (κ1) is 26.5. The average molecular weight is 537 g/mol. The Kier molecular flexibility index (Phi) is 7.47. The van der Waals surface area contributed by atoms with Crippen LogP contribution in [0.2, 0.25) is 5.02 Å². The van der Waals surface area contributed by atoms with Gasteiger partial charge in [-0.2, -0.15) is 13.2 Å². The molecule has 0 spiro atoms. The molecule has 0 unspecified atom stereocenters. The molecule has 0 atom stereocenters. The lowest BCUT2D eigenvalue weighted by Gasteiger charge is -2.37. The van der Waals surface area contributed by atoms with Gasteiger partial charge in [0, 0.05) is 48.8 Å². The standard InChI is InChI=1S/C25H24ClF3N4O4/c1-14-7-18(8-15(2)19(14)12-32-10-16(11-32)24(35)36)33-6-5-30-22(23(33)34)31-20-4-3-17(26)9-21(20)37-13-25(27,28)29/h3-9,16H,10-13H2,1-2H3,(H,30,31)(H,35,36). The van der Waals surface area contributed by atoms with E-state index in [2.05, 4.69) is 15.2 Å². The zero-order valence-corrected chi connectivity index (χ0v) is 20.7. The van der Waals surface area contributed by atoms with E-state index in [1.165, 1.54) is 35.2 Å². The number of alkyl halides is 3. The molecule has 0 amide bonds. The molecule has 2 N–H and O–H groups in total. The van der Waals surface area contributed by atoms with Crippen molar-refractivity contribution in [1.82, 2.24) is 14.5 Å². The Bertz CT molecular complexity index is 1360. The minimum Gasteiger partial charge on any atom is -0.482 e. The fourth-order valence-electron chi connectivity index (χ4n) is 4.14. The molecule has 8 nitrogen and oxygen atoms in total. The van der Waals surface area contributed by atoms with Gasteiger partial charge in [0.2, 0.25) is 0 Å². The van der Waals surface area contributed by atoms with Gasteiger partial charge in [-0.15, -0.1) is 0 Å². The molecule has 1 saturated heterocycles. The topological polar surface area (TPSA) is 96.7 Å². The largest absolute Gasteiger partial charge is 0.482 e. The minimum absolute atomic E-state index is 0.105. The molecule has 0 aliphatic carbocycles. The number of carboxylic acid groups (broad SMARTS) is 1. The molecule has 0 bridgehead atoms. The maximum atomic E-state index is 13.2. The Morgan fingerprint density at radius 3 is 2.51 bits per heavy atom. The van der Waals surface area contributed by atoms with Gasteiger partial charge in [0.1, 0.15) is 5.75 Å². The molecule has 1 aliphatic heterocycles. The number of carbonyl (C=O) groups is 1. The molecular weight excluding hydrogens is 513 g/mol. The van der Waals surface area contributed by atoms with E-state index in [9.17, 15) is 22.8 Å². The summed E-state index contributed by atoms with van der Waals surface area (Å²) in [4.78, 5) is 30.4. The molecule has 0 saturated carbocycles. The highest BCUT2D eigenvalue weighted by molar-refractivity contribution is 6.30. The van der Waals surface area contributed by atoms with Gasteiger partial charge in [0.15, 0.2) is 12.4 Å². The van der Waals surface area contributed by atoms with Crippen molar-refractivity contribution in [3.8, 4) is 11.4 Å². The van der Waals surface area contributed by atoms with Crippen LogP contribution < -0.4 is 15.6 Å². The van der Waals surface area contributed by atoms with E-state index >= 15 is 0 Å². The zero-order chi connectivity index (χ0) is 26.9. The van der Waals surface area contributed by atoms with E-state index in [0.717, 1.165) is 16.7 Å². The SMILES string of the molecule is Cc1cc(-n2ccnc(Nc3ccc(Cl)cc3OCC(F)(F)F)c2=O)cc(C)c1CN1CC(C(=O)O)C1. The lowest BCUT2D eigenvalue weighted by molar-refractivity contribution is -0.153. The van der Waals surface area contributed by atoms with Crippen LogP contribution in [0.4, 0.5) is 24.7 Å². The highest BCUT2D eigenvalue weighted by atomic mass is 35.5. The van der Waals surface area contributed by atoms with Gasteiger partial charge < -0.3 is 15.2 Å². The number of aromatic nitrogens is 2. The molecule has 196 valence electrons. The number of aliphatic carboxylic acids is 1. The third-order valence-electron chi connectivity index (χ3n) is 6.08. The van der Waals surface area contributed by atoms with Crippen LogP contribution in [-0.4, -0.2) is 51.4 Å². The number of hydrogen-bond acceptors (Lipinski definition) is 6. The monoisotopic (exact) mass is 536 g/mol. The molecule has 2 aromatic carbocycles. The fraction of sp³-hybridized carbons (Fsp3) is 0.320. The van der Waals surface area contributed by atoms with E-state index in [0.29, 0.717) is 25.3 Å². The zero-order valence-electron chi connectivity index (χ0n) is 20.0. The average Bonchev–Trinajstić information content (AvgIpc) is 2.77. The smallest absolute Gasteiger partial charge is 0.422 e. The van der Waals surface area contributed by atoms with Crippen LogP contribution >= 0.6 is 11.6 Å². The number of benzene rings is 2. The molecule has 37 heavy (non-hydrogen) atoms. The van der Waals surface area contributed by atoms with Crippen LogP contribution in [0.3, 0.4) is 0 Å². The number of likely N-dealkylation sites (tertiary alicyclic amines) is 1. The van der Waals surface area contributed by atoms with Gasteiger partial charge in [-0.1, -0.05) is 11.6 Å². The van der Waals surface area contributed by atoms with Gasteiger partial charge in [-0.05, 0) is 54.8 Å². The normalized spacial score (nSPS) is 14.3. The van der Waals surface area contributed by atoms with Crippen molar-refractivity contribution in [2.75, 3.05) is 25.0 Å². The van der Waals surface area contributed by atoms with Gasteiger partial charge in [-0.3, -0.25) is 19.1 Å². The molecule has 1 aliphatic rings. The highest BCUT2D eigenvalue weighted by Gasteiger charge is 2.32. The summed E-state index contributed by atoms with van der Waals surface area (Å²) in [6.45, 7) is 3.92. The third-order valence-corrected chi connectivity index (χ3v) is 6.31. The van der Waals surface area contributed by atoms with Crippen molar-refractivity contribution in [1.29, 1.82) is 0 Å². The third kappa shape index (κ3) is 6.23. The number of carboxylic acids is 1. The number of nitrogens with one attached hydrogen (secondary N) is 1. The number of ether oxygens (including phenoxy) is 1. The predicted octanol–water partition coefficient (Wildman–Crippen LogP) is 4.70. The molecular formula is C25H24ClF3N4O4. The molecule has 2 heterocycles. The summed E-state index contributed by atoms with van der Waals surface area (Å²) in [5.41, 5.74) is 3.11. The first-order valence-electron chi connectivity index (χ1n) is 11.3. The van der Waals surface area contributed by atoms with Gasteiger partial charge in [0.25, 0.3) is 5.56 Å². The van der Waals surface area contributed by atoms with Crippen molar-refractivity contribution < 1.29 is 27.8 Å². The van der Waals surface area contributed by atoms with E-state index < -0.39 is 24.3 Å². The molecule has 4 rings (SSSR count). The number of rotatable bonds is 8. The van der Waals surface area contributed by atoms with Gasteiger partial charge in [-0.25, -0.2) is 4.98 Å². The van der Waals surface area contributed by atoms with Gasteiger partial charge in [0.05, 0.1) is 11.6 Å². The summed E-state index contributed by atoms with van der Waals surface area (Å²) in [6.07, 6.45) is -1.65. The van der Waals surface area contributed by atoms with Crippen LogP contribution in [-0.2, 0) is 11.3 Å². The van der Waals surface area contributed by atoms with Crippen molar-refractivity contribution >= 4 is 29.1 Å².